The van der Waals surface area contributed by atoms with Gasteiger partial charge in [-0.25, -0.2) is 4.57 Å². The van der Waals surface area contributed by atoms with Gasteiger partial charge in [0.2, 0.25) is 11.4 Å². The van der Waals surface area contributed by atoms with Crippen LogP contribution in [0.25, 0.3) is 22.5 Å². The van der Waals surface area contributed by atoms with Crippen molar-refractivity contribution in [1.29, 1.82) is 0 Å². The Bertz CT molecular complexity index is 1680. The van der Waals surface area contributed by atoms with Gasteiger partial charge in [0.25, 0.3) is 0 Å². The molecule has 2 aliphatic rings. The van der Waals surface area contributed by atoms with E-state index in [4.69, 9.17) is 9.31 Å². The third-order valence-corrected chi connectivity index (χ3v) is 10.5. The van der Waals surface area contributed by atoms with Gasteiger partial charge in [0.15, 0.2) is 17.9 Å². The van der Waals surface area contributed by atoms with Crippen LogP contribution in [0.1, 0.15) is 65.5 Å². The van der Waals surface area contributed by atoms with E-state index in [-0.39, 0.29) is 29.8 Å². The van der Waals surface area contributed by atoms with E-state index in [1.807, 2.05) is 0 Å². The first-order chi connectivity index (χ1) is 20.6. The topological polar surface area (TPSA) is 26.2 Å². The molecule has 0 radical (unpaired) electrons. The van der Waals surface area contributed by atoms with Crippen molar-refractivity contribution in [3.05, 3.63) is 115 Å². The van der Waals surface area contributed by atoms with Gasteiger partial charge in [-0.05, 0) is 87.5 Å². The molecule has 2 aromatic heterocycles. The van der Waals surface area contributed by atoms with Crippen LogP contribution in [-0.4, -0.2) is 18.8 Å². The van der Waals surface area contributed by atoms with Gasteiger partial charge in [0.1, 0.15) is 7.05 Å². The van der Waals surface area contributed by atoms with Crippen molar-refractivity contribution in [2.45, 2.75) is 83.5 Å². The van der Waals surface area contributed by atoms with E-state index >= 15 is 0 Å². The zero-order chi connectivity index (χ0) is 30.4. The van der Waals surface area contributed by atoms with Crippen LogP contribution in [-0.2, 0) is 33.7 Å². The molecule has 6 rings (SSSR count). The number of aromatic nitrogens is 2. The fourth-order valence-electron chi connectivity index (χ4n) is 7.37. The Morgan fingerprint density at radius 2 is 1.56 bits per heavy atom. The predicted octanol–water partition coefficient (Wildman–Crippen LogP) is 6.63. The van der Waals surface area contributed by atoms with E-state index in [2.05, 4.69) is 161 Å². The maximum atomic E-state index is 6.35. The van der Waals surface area contributed by atoms with Crippen LogP contribution in [0.5, 0.6) is 0 Å². The smallest absolute Gasteiger partial charge is 0.402 e. The molecule has 1 fully saturated rings. The second-order valence-corrected chi connectivity index (χ2v) is 13.0. The second-order valence-electron chi connectivity index (χ2n) is 13.0. The van der Waals surface area contributed by atoms with Gasteiger partial charge >= 0.3 is 7.12 Å². The Morgan fingerprint density at radius 3 is 2.26 bits per heavy atom. The summed E-state index contributed by atoms with van der Waals surface area (Å²) < 4.78 is 17.3. The number of hydrogen-bond donors (Lipinski definition) is 0. The van der Waals surface area contributed by atoms with Crippen LogP contribution in [0.4, 0.5) is 0 Å². The molecule has 4 aromatic rings. The van der Waals surface area contributed by atoms with Crippen molar-refractivity contribution in [3.63, 3.8) is 0 Å². The molecule has 3 atom stereocenters. The lowest BCUT2D eigenvalue weighted by molar-refractivity contribution is -0.756. The molecule has 0 aliphatic carbocycles. The number of fused-ring (bicyclic) bond motifs is 3. The summed E-state index contributed by atoms with van der Waals surface area (Å²) >= 11 is 0. The highest BCUT2D eigenvalue weighted by Crippen LogP contribution is 2.50. The van der Waals surface area contributed by atoms with Gasteiger partial charge in [-0.15, -0.1) is 0 Å². The number of aryl methyl sites for hydroxylation is 1. The maximum absolute atomic E-state index is 6.35. The van der Waals surface area contributed by atoms with Crippen LogP contribution in [0.2, 0.25) is 0 Å². The number of allylic oxidation sites excluding steroid dienone is 2. The molecule has 0 saturated carbocycles. The predicted molar refractivity (Wildman–Crippen MR) is 175 cm³/mol. The van der Waals surface area contributed by atoms with Crippen molar-refractivity contribution >= 4 is 12.6 Å². The third-order valence-electron chi connectivity index (χ3n) is 10.5. The quantitative estimate of drug-likeness (QED) is 0.141. The molecule has 1 saturated heterocycles. The Kier molecular flexibility index (Phi) is 7.68. The molecule has 220 valence electrons. The van der Waals surface area contributed by atoms with Gasteiger partial charge in [-0.2, -0.15) is 4.57 Å². The molecule has 0 amide bonds. The van der Waals surface area contributed by atoms with Crippen LogP contribution in [0, 0.1) is 0 Å². The monoisotopic (exact) mass is 572 g/mol. The summed E-state index contributed by atoms with van der Waals surface area (Å²) in [6.07, 6.45) is 12.2. The first-order valence-electron chi connectivity index (χ1n) is 15.8. The lowest BCUT2D eigenvalue weighted by Gasteiger charge is -2.46. The molecular formula is C38H45BN2O2+2. The zero-order valence-corrected chi connectivity index (χ0v) is 26.8. The summed E-state index contributed by atoms with van der Waals surface area (Å²) in [6.45, 7) is 13.4. The number of rotatable bonds is 7. The average Bonchev–Trinajstić information content (AvgIpc) is 3.30. The minimum absolute atomic E-state index is 0.0236. The SMILES string of the molecule is CCC1(C)c2ccccc2-c2cccc[n+]2C1(C=CCc1ccc(B2OC(C)C(C)(C)O2)cc1-c1cccc[n+]1C)CC. The molecule has 0 bridgehead atoms. The first kappa shape index (κ1) is 29.5. The Hall–Kier alpha value is -3.54. The van der Waals surface area contributed by atoms with Gasteiger partial charge in [-0.3, -0.25) is 0 Å². The van der Waals surface area contributed by atoms with Crippen LogP contribution >= 0.6 is 0 Å². The summed E-state index contributed by atoms with van der Waals surface area (Å²) in [4.78, 5) is 0. The molecule has 2 aliphatic heterocycles. The van der Waals surface area contributed by atoms with Crippen molar-refractivity contribution in [1.82, 2.24) is 0 Å². The van der Waals surface area contributed by atoms with Gasteiger partial charge in [0.05, 0.1) is 22.7 Å². The first-order valence-corrected chi connectivity index (χ1v) is 15.8. The molecule has 0 spiro atoms. The largest absolute Gasteiger partial charge is 0.494 e. The van der Waals surface area contributed by atoms with Crippen LogP contribution in [0.3, 0.4) is 0 Å². The minimum atomic E-state index is -0.369. The van der Waals surface area contributed by atoms with E-state index in [1.165, 1.54) is 33.6 Å². The third kappa shape index (κ3) is 4.78. The summed E-state index contributed by atoms with van der Waals surface area (Å²) in [5, 5.41) is 0. The normalized spacial score (nSPS) is 24.3. The van der Waals surface area contributed by atoms with Crippen molar-refractivity contribution in [3.8, 4) is 22.5 Å². The second kappa shape index (κ2) is 11.2. The fraction of sp³-hybridized carbons (Fsp3) is 0.368. The number of pyridine rings is 2. The maximum Gasteiger partial charge on any atom is 0.494 e. The van der Waals surface area contributed by atoms with E-state index < -0.39 is 0 Å². The summed E-state index contributed by atoms with van der Waals surface area (Å²) in [7, 11) is 1.74. The van der Waals surface area contributed by atoms with E-state index in [1.54, 1.807) is 0 Å². The Balaban J connectivity index is 1.43. The zero-order valence-electron chi connectivity index (χ0n) is 26.8. The highest BCUT2D eigenvalue weighted by atomic mass is 16.7. The number of nitrogens with zero attached hydrogens (tertiary/aromatic N) is 2. The lowest BCUT2D eigenvalue weighted by atomic mass is 9.59. The minimum Gasteiger partial charge on any atom is -0.402 e. The summed E-state index contributed by atoms with van der Waals surface area (Å²) in [5.41, 5.74) is 8.20. The molecule has 43 heavy (non-hydrogen) atoms. The standard InChI is InChI=1S/C38H45BN2O2/c1-8-37(6)33-19-11-10-18-31(33)35-21-13-15-26-41(35)38(37,9-2)24-16-17-29-22-23-30(39-42-28(3)36(4,5)43-39)27-32(29)34-20-12-14-25-40(34)7/h10-16,18-28H,8-9,17H2,1-7H3/q+2. The van der Waals surface area contributed by atoms with Crippen LogP contribution < -0.4 is 14.6 Å². The molecule has 3 unspecified atom stereocenters. The molecule has 4 nitrogen and oxygen atoms in total. The summed E-state index contributed by atoms with van der Waals surface area (Å²) in [6, 6.07) is 28.7. The average molecular weight is 573 g/mol. The summed E-state index contributed by atoms with van der Waals surface area (Å²) in [5.74, 6) is 0. The molecule has 5 heteroatoms. The van der Waals surface area contributed by atoms with E-state index in [0.717, 1.165) is 24.7 Å². The van der Waals surface area contributed by atoms with Crippen LogP contribution in [0.15, 0.2) is 103 Å². The van der Waals surface area contributed by atoms with E-state index in [0.29, 0.717) is 0 Å². The molecule has 0 N–H and O–H groups in total. The lowest BCUT2D eigenvalue weighted by Crippen LogP contribution is -2.68. The Morgan fingerprint density at radius 1 is 0.837 bits per heavy atom. The number of hydrogen-bond acceptors (Lipinski definition) is 2. The molecule has 2 aromatic carbocycles. The highest BCUT2D eigenvalue weighted by molar-refractivity contribution is 6.62. The van der Waals surface area contributed by atoms with Gasteiger partial charge in [0, 0.05) is 36.2 Å². The molecule has 4 heterocycles. The molecular weight excluding hydrogens is 527 g/mol. The van der Waals surface area contributed by atoms with Crippen molar-refractivity contribution in [2.75, 3.05) is 0 Å². The number of benzene rings is 2. The van der Waals surface area contributed by atoms with E-state index in [9.17, 15) is 0 Å². The van der Waals surface area contributed by atoms with Gasteiger partial charge in [-0.1, -0.05) is 50.3 Å². The fourth-order valence-corrected chi connectivity index (χ4v) is 7.37. The van der Waals surface area contributed by atoms with Crippen molar-refractivity contribution < 1.29 is 18.4 Å². The highest BCUT2D eigenvalue weighted by Gasteiger charge is 2.57. The van der Waals surface area contributed by atoms with Gasteiger partial charge < -0.3 is 9.31 Å². The van der Waals surface area contributed by atoms with Crippen molar-refractivity contribution in [2.24, 2.45) is 7.05 Å². The Labute approximate surface area is 258 Å².